The number of sulfonamides is 1. The van der Waals surface area contributed by atoms with E-state index in [0.29, 0.717) is 18.1 Å². The number of aromatic nitrogens is 1. The van der Waals surface area contributed by atoms with Gasteiger partial charge in [0.15, 0.2) is 5.13 Å². The Morgan fingerprint density at radius 1 is 1.48 bits per heavy atom. The molecule has 0 saturated carbocycles. The highest BCUT2D eigenvalue weighted by molar-refractivity contribution is 7.92. The maximum Gasteiger partial charge on any atom is 0.241 e. The van der Waals surface area contributed by atoms with Crippen LogP contribution < -0.4 is 9.62 Å². The van der Waals surface area contributed by atoms with Gasteiger partial charge in [-0.15, -0.1) is 22.9 Å². The van der Waals surface area contributed by atoms with E-state index >= 15 is 0 Å². The van der Waals surface area contributed by atoms with Crippen LogP contribution in [0.2, 0.25) is 0 Å². The summed E-state index contributed by atoms with van der Waals surface area (Å²) in [6, 6.07) is 5.59. The fourth-order valence-corrected chi connectivity index (χ4v) is 4.25. The van der Waals surface area contributed by atoms with E-state index in [1.165, 1.54) is 21.9 Å². The van der Waals surface area contributed by atoms with Gasteiger partial charge in [0.25, 0.3) is 0 Å². The minimum absolute atomic E-state index is 0.116. The molecule has 0 radical (unpaired) electrons. The molecule has 1 aromatic heterocycles. The zero-order valence-corrected chi connectivity index (χ0v) is 14.6. The fraction of sp³-hybridized carbons (Fsp3) is 0.286. The predicted molar refractivity (Wildman–Crippen MR) is 92.8 cm³/mol. The average Bonchev–Trinajstić information content (AvgIpc) is 3.12. The zero-order valence-electron chi connectivity index (χ0n) is 12.2. The second-order valence-corrected chi connectivity index (χ2v) is 8.18. The predicted octanol–water partition coefficient (Wildman–Crippen LogP) is 2.31. The summed E-state index contributed by atoms with van der Waals surface area (Å²) in [5.74, 6) is -0.417. The molecule has 2 heterocycles. The van der Waals surface area contributed by atoms with E-state index in [9.17, 15) is 13.2 Å². The Balaban J connectivity index is 1.88. The number of carbonyl (C=O) groups excluding carboxylic acids is 1. The minimum atomic E-state index is -3.25. The Labute approximate surface area is 143 Å². The normalized spacial score (nSPS) is 13.9. The maximum atomic E-state index is 11.7. The Bertz CT molecular complexity index is 864. The first-order valence-electron chi connectivity index (χ1n) is 6.81. The van der Waals surface area contributed by atoms with E-state index < -0.39 is 10.0 Å². The van der Waals surface area contributed by atoms with Gasteiger partial charge in [0.1, 0.15) is 5.88 Å². The van der Waals surface area contributed by atoms with Gasteiger partial charge in [0.05, 0.1) is 17.6 Å². The molecule has 6 nitrogen and oxygen atoms in total. The third kappa shape index (κ3) is 3.34. The summed E-state index contributed by atoms with van der Waals surface area (Å²) < 4.78 is 24.9. The molecule has 0 atom stereocenters. The van der Waals surface area contributed by atoms with Crippen molar-refractivity contribution in [3.05, 3.63) is 29.1 Å². The van der Waals surface area contributed by atoms with Gasteiger partial charge in [-0.25, -0.2) is 13.4 Å². The minimum Gasteiger partial charge on any atom is -0.301 e. The van der Waals surface area contributed by atoms with Gasteiger partial charge in [-0.3, -0.25) is 9.10 Å². The highest BCUT2D eigenvalue weighted by atomic mass is 35.5. The highest BCUT2D eigenvalue weighted by Crippen LogP contribution is 2.34. The average molecular weight is 372 g/mol. The van der Waals surface area contributed by atoms with Crippen molar-refractivity contribution in [2.45, 2.75) is 6.42 Å². The lowest BCUT2D eigenvalue weighted by Crippen LogP contribution is -2.27. The Morgan fingerprint density at radius 3 is 2.96 bits per heavy atom. The molecule has 1 amide bonds. The highest BCUT2D eigenvalue weighted by Gasteiger charge is 2.26. The number of rotatable bonds is 4. The van der Waals surface area contributed by atoms with E-state index in [4.69, 9.17) is 11.6 Å². The Morgan fingerprint density at radius 2 is 2.26 bits per heavy atom. The van der Waals surface area contributed by atoms with Crippen LogP contribution in [0.5, 0.6) is 0 Å². The number of hydrogen-bond donors (Lipinski definition) is 1. The molecule has 9 heteroatoms. The van der Waals surface area contributed by atoms with Crippen LogP contribution in [0, 0.1) is 0 Å². The summed E-state index contributed by atoms with van der Waals surface area (Å²) in [6.45, 7) is 0.464. The first-order valence-corrected chi connectivity index (χ1v) is 10.1. The lowest BCUT2D eigenvalue weighted by atomic mass is 10.1. The summed E-state index contributed by atoms with van der Waals surface area (Å²) in [6.07, 6.45) is 1.89. The fourth-order valence-electron chi connectivity index (χ4n) is 2.49. The molecule has 0 bridgehead atoms. The van der Waals surface area contributed by atoms with Crippen molar-refractivity contribution in [1.29, 1.82) is 0 Å². The van der Waals surface area contributed by atoms with Gasteiger partial charge in [0, 0.05) is 17.5 Å². The number of benzene rings is 1. The molecule has 0 saturated heterocycles. The molecule has 122 valence electrons. The smallest absolute Gasteiger partial charge is 0.241 e. The standard InChI is InChI=1S/C14H14ClN3O3S2/c1-23(20,21)18-5-4-10-6-9(2-3-12(10)18)11-8-22-14(16-11)17-13(19)7-15/h2-3,6,8H,4-5,7H2,1H3,(H,16,17,19). The van der Waals surface area contributed by atoms with Gasteiger partial charge >= 0.3 is 0 Å². The zero-order chi connectivity index (χ0) is 16.6. The number of anilines is 2. The number of amides is 1. The summed E-state index contributed by atoms with van der Waals surface area (Å²) >= 11 is 6.77. The van der Waals surface area contributed by atoms with E-state index in [0.717, 1.165) is 22.5 Å². The molecule has 2 aromatic rings. The van der Waals surface area contributed by atoms with Gasteiger partial charge in [-0.05, 0) is 24.1 Å². The number of alkyl halides is 1. The second-order valence-electron chi connectivity index (χ2n) is 5.15. The quantitative estimate of drug-likeness (QED) is 0.836. The molecule has 1 aliphatic heterocycles. The van der Waals surface area contributed by atoms with Crippen molar-refractivity contribution >= 4 is 49.7 Å². The summed E-state index contributed by atoms with van der Waals surface area (Å²) in [5.41, 5.74) is 3.33. The van der Waals surface area contributed by atoms with E-state index in [2.05, 4.69) is 10.3 Å². The topological polar surface area (TPSA) is 79.4 Å². The summed E-state index contributed by atoms with van der Waals surface area (Å²) in [5, 5.41) is 4.94. The molecular weight excluding hydrogens is 358 g/mol. The molecule has 0 aliphatic carbocycles. The number of thiazole rings is 1. The van der Waals surface area contributed by atoms with Crippen molar-refractivity contribution in [2.24, 2.45) is 0 Å². The molecule has 0 spiro atoms. The first kappa shape index (κ1) is 16.2. The van der Waals surface area contributed by atoms with Crippen LogP contribution in [-0.2, 0) is 21.2 Å². The summed E-state index contributed by atoms with van der Waals surface area (Å²) in [4.78, 5) is 15.6. The molecule has 1 aliphatic rings. The van der Waals surface area contributed by atoms with Gasteiger partial charge < -0.3 is 5.32 Å². The third-order valence-electron chi connectivity index (χ3n) is 3.50. The van der Waals surface area contributed by atoms with Gasteiger partial charge in [-0.2, -0.15) is 0 Å². The van der Waals surface area contributed by atoms with Crippen molar-refractivity contribution in [3.63, 3.8) is 0 Å². The molecule has 1 N–H and O–H groups in total. The third-order valence-corrected chi connectivity index (χ3v) is 5.68. The van der Waals surface area contributed by atoms with Crippen LogP contribution in [0.3, 0.4) is 0 Å². The van der Waals surface area contributed by atoms with Crippen molar-refractivity contribution in [3.8, 4) is 11.3 Å². The maximum absolute atomic E-state index is 11.7. The molecule has 0 fully saturated rings. The number of nitrogens with one attached hydrogen (secondary N) is 1. The SMILES string of the molecule is CS(=O)(=O)N1CCc2cc(-c3csc(NC(=O)CCl)n3)ccc21. The number of halogens is 1. The number of hydrogen-bond acceptors (Lipinski definition) is 5. The van der Waals surface area contributed by atoms with E-state index in [1.54, 1.807) is 6.07 Å². The summed E-state index contributed by atoms with van der Waals surface area (Å²) in [7, 11) is -3.25. The van der Waals surface area contributed by atoms with Crippen molar-refractivity contribution in [2.75, 3.05) is 28.3 Å². The Kier molecular flexibility index (Phi) is 4.31. The molecule has 23 heavy (non-hydrogen) atoms. The monoisotopic (exact) mass is 371 g/mol. The van der Waals surface area contributed by atoms with Crippen LogP contribution >= 0.6 is 22.9 Å². The van der Waals surface area contributed by atoms with Crippen LogP contribution in [0.1, 0.15) is 5.56 Å². The van der Waals surface area contributed by atoms with Crippen LogP contribution in [-0.4, -0.2) is 38.0 Å². The van der Waals surface area contributed by atoms with E-state index in [-0.39, 0.29) is 11.8 Å². The lowest BCUT2D eigenvalue weighted by Gasteiger charge is -2.16. The van der Waals surface area contributed by atoms with Crippen LogP contribution in [0.15, 0.2) is 23.6 Å². The van der Waals surface area contributed by atoms with E-state index in [1.807, 2.05) is 17.5 Å². The second kappa shape index (κ2) is 6.10. The molecular formula is C14H14ClN3O3S2. The first-order chi connectivity index (χ1) is 10.9. The molecule has 3 rings (SSSR count). The van der Waals surface area contributed by atoms with Crippen molar-refractivity contribution in [1.82, 2.24) is 4.98 Å². The Hall–Kier alpha value is -1.64. The van der Waals surface area contributed by atoms with Crippen LogP contribution in [0.4, 0.5) is 10.8 Å². The largest absolute Gasteiger partial charge is 0.301 e. The number of carbonyl (C=O) groups is 1. The van der Waals surface area contributed by atoms with Gasteiger partial charge in [-0.1, -0.05) is 6.07 Å². The van der Waals surface area contributed by atoms with Crippen molar-refractivity contribution < 1.29 is 13.2 Å². The van der Waals surface area contributed by atoms with Crippen LogP contribution in [0.25, 0.3) is 11.3 Å². The number of nitrogens with zero attached hydrogens (tertiary/aromatic N) is 2. The van der Waals surface area contributed by atoms with Gasteiger partial charge in [0.2, 0.25) is 15.9 Å². The molecule has 1 aromatic carbocycles. The molecule has 0 unspecified atom stereocenters. The number of fused-ring (bicyclic) bond motifs is 1. The lowest BCUT2D eigenvalue weighted by molar-refractivity contribution is -0.113.